The van der Waals surface area contributed by atoms with Crippen molar-refractivity contribution < 1.29 is 18.7 Å². The summed E-state index contributed by atoms with van der Waals surface area (Å²) in [7, 11) is 1.33. The van der Waals surface area contributed by atoms with Gasteiger partial charge in [-0.15, -0.1) is 11.8 Å². The lowest BCUT2D eigenvalue weighted by atomic mass is 10.1. The van der Waals surface area contributed by atoms with E-state index in [1.54, 1.807) is 36.4 Å². The third-order valence-corrected chi connectivity index (χ3v) is 4.29. The molecule has 6 heteroatoms. The van der Waals surface area contributed by atoms with Gasteiger partial charge >= 0.3 is 5.97 Å². The lowest BCUT2D eigenvalue weighted by Gasteiger charge is -2.06. The van der Waals surface area contributed by atoms with Crippen molar-refractivity contribution in [2.24, 2.45) is 0 Å². The number of rotatable bonds is 7. The largest absolute Gasteiger partial charge is 0.465 e. The maximum Gasteiger partial charge on any atom is 0.337 e. The van der Waals surface area contributed by atoms with E-state index in [4.69, 9.17) is 0 Å². The molecular weight excluding hydrogens is 329 g/mol. The van der Waals surface area contributed by atoms with Crippen LogP contribution in [0.5, 0.6) is 0 Å². The molecule has 2 rings (SSSR count). The first-order valence-corrected chi connectivity index (χ1v) is 8.39. The summed E-state index contributed by atoms with van der Waals surface area (Å²) >= 11 is 1.51. The van der Waals surface area contributed by atoms with E-state index in [1.807, 2.05) is 0 Å². The van der Waals surface area contributed by atoms with E-state index in [0.717, 1.165) is 10.5 Å². The summed E-state index contributed by atoms with van der Waals surface area (Å²) in [5.74, 6) is -0.0842. The Balaban J connectivity index is 1.71. The van der Waals surface area contributed by atoms with Crippen LogP contribution in [0.25, 0.3) is 0 Å². The summed E-state index contributed by atoms with van der Waals surface area (Å²) < 4.78 is 17.4. The Morgan fingerprint density at radius 1 is 1.08 bits per heavy atom. The third-order valence-electron chi connectivity index (χ3n) is 3.28. The molecular formula is C18H18FNO3S. The van der Waals surface area contributed by atoms with Crippen LogP contribution < -0.4 is 5.32 Å². The first-order valence-electron chi connectivity index (χ1n) is 7.41. The van der Waals surface area contributed by atoms with Crippen LogP contribution >= 0.6 is 11.8 Å². The molecule has 4 nitrogen and oxygen atoms in total. The van der Waals surface area contributed by atoms with E-state index in [-0.39, 0.29) is 17.7 Å². The van der Waals surface area contributed by atoms with Crippen LogP contribution in [0.4, 0.5) is 4.39 Å². The number of amides is 1. The fourth-order valence-corrected chi connectivity index (χ4v) is 2.81. The Labute approximate surface area is 144 Å². The average molecular weight is 347 g/mol. The van der Waals surface area contributed by atoms with Gasteiger partial charge in [0.2, 0.25) is 5.91 Å². The van der Waals surface area contributed by atoms with E-state index < -0.39 is 0 Å². The van der Waals surface area contributed by atoms with Gasteiger partial charge in [-0.1, -0.05) is 12.1 Å². The maximum absolute atomic E-state index is 12.8. The third kappa shape index (κ3) is 5.70. The van der Waals surface area contributed by atoms with Crippen molar-refractivity contribution in [3.63, 3.8) is 0 Å². The fraction of sp³-hybridized carbons (Fsp3) is 0.222. The smallest absolute Gasteiger partial charge is 0.337 e. The summed E-state index contributed by atoms with van der Waals surface area (Å²) in [4.78, 5) is 24.1. The van der Waals surface area contributed by atoms with E-state index in [9.17, 15) is 14.0 Å². The normalized spacial score (nSPS) is 10.2. The number of carbonyl (C=O) groups is 2. The standard InChI is InChI=1S/C18H18FNO3S/c1-23-18(22)14-4-2-13(3-5-14)12-20-17(21)10-11-24-16-8-6-15(19)7-9-16/h2-9H,10-12H2,1H3,(H,20,21). The molecule has 0 aliphatic heterocycles. The highest BCUT2D eigenvalue weighted by atomic mass is 32.2. The average Bonchev–Trinajstić information content (AvgIpc) is 2.61. The van der Waals surface area contributed by atoms with Gasteiger partial charge in [-0.05, 0) is 42.0 Å². The maximum atomic E-state index is 12.8. The summed E-state index contributed by atoms with van der Waals surface area (Å²) in [6, 6.07) is 13.1. The number of hydrogen-bond acceptors (Lipinski definition) is 4. The quantitative estimate of drug-likeness (QED) is 0.616. The molecule has 0 aliphatic rings. The van der Waals surface area contributed by atoms with Crippen LogP contribution in [0.3, 0.4) is 0 Å². The Bertz CT molecular complexity index is 686. The first kappa shape index (κ1) is 18.0. The van der Waals surface area contributed by atoms with Gasteiger partial charge in [-0.3, -0.25) is 4.79 Å². The highest BCUT2D eigenvalue weighted by molar-refractivity contribution is 7.99. The molecule has 0 aromatic heterocycles. The molecule has 126 valence electrons. The molecule has 0 bridgehead atoms. The van der Waals surface area contributed by atoms with Gasteiger partial charge in [0.1, 0.15) is 5.82 Å². The molecule has 0 fully saturated rings. The molecule has 0 saturated heterocycles. The summed E-state index contributed by atoms with van der Waals surface area (Å²) in [6.07, 6.45) is 0.377. The molecule has 2 aromatic rings. The number of methoxy groups -OCH3 is 1. The molecule has 0 saturated carbocycles. The minimum Gasteiger partial charge on any atom is -0.465 e. The van der Waals surface area contributed by atoms with E-state index >= 15 is 0 Å². The van der Waals surface area contributed by atoms with Crippen molar-refractivity contribution >= 4 is 23.6 Å². The van der Waals surface area contributed by atoms with E-state index in [1.165, 1.54) is 31.0 Å². The van der Waals surface area contributed by atoms with Gasteiger partial charge in [0.15, 0.2) is 0 Å². The number of benzene rings is 2. The second kappa shape index (κ2) is 9.08. The van der Waals surface area contributed by atoms with Crippen molar-refractivity contribution in [1.82, 2.24) is 5.32 Å². The highest BCUT2D eigenvalue weighted by Gasteiger charge is 2.06. The van der Waals surface area contributed by atoms with Gasteiger partial charge in [-0.2, -0.15) is 0 Å². The topological polar surface area (TPSA) is 55.4 Å². The Morgan fingerprint density at radius 3 is 2.38 bits per heavy atom. The molecule has 0 unspecified atom stereocenters. The summed E-state index contributed by atoms with van der Waals surface area (Å²) in [6.45, 7) is 0.404. The van der Waals surface area contributed by atoms with Crippen LogP contribution in [-0.2, 0) is 16.1 Å². The number of thioether (sulfide) groups is 1. The van der Waals surface area contributed by atoms with Gasteiger partial charge in [0, 0.05) is 23.6 Å². The Kier molecular flexibility index (Phi) is 6.81. The number of hydrogen-bond donors (Lipinski definition) is 1. The van der Waals surface area contributed by atoms with Crippen LogP contribution in [0.1, 0.15) is 22.3 Å². The summed E-state index contributed by atoms with van der Waals surface area (Å²) in [5.41, 5.74) is 1.38. The number of esters is 1. The number of ether oxygens (including phenoxy) is 1. The minimum absolute atomic E-state index is 0.0540. The van der Waals surface area contributed by atoms with Crippen LogP contribution in [0.15, 0.2) is 53.4 Å². The van der Waals surface area contributed by atoms with Crippen molar-refractivity contribution in [2.75, 3.05) is 12.9 Å². The molecule has 1 amide bonds. The molecule has 0 heterocycles. The van der Waals surface area contributed by atoms with Crippen molar-refractivity contribution in [3.8, 4) is 0 Å². The summed E-state index contributed by atoms with van der Waals surface area (Å²) in [5, 5.41) is 2.83. The van der Waals surface area contributed by atoms with Gasteiger partial charge in [0.25, 0.3) is 0 Å². The number of nitrogens with one attached hydrogen (secondary N) is 1. The fourth-order valence-electron chi connectivity index (χ4n) is 1.96. The zero-order chi connectivity index (χ0) is 17.4. The predicted octanol–water partition coefficient (Wildman–Crippen LogP) is 3.41. The van der Waals surface area contributed by atoms with Gasteiger partial charge in [0.05, 0.1) is 12.7 Å². The number of carbonyl (C=O) groups excluding carboxylic acids is 2. The minimum atomic E-state index is -0.386. The van der Waals surface area contributed by atoms with Gasteiger partial charge < -0.3 is 10.1 Å². The monoisotopic (exact) mass is 347 g/mol. The lowest BCUT2D eigenvalue weighted by Crippen LogP contribution is -2.23. The lowest BCUT2D eigenvalue weighted by molar-refractivity contribution is -0.120. The van der Waals surface area contributed by atoms with E-state index in [2.05, 4.69) is 10.1 Å². The molecule has 0 aliphatic carbocycles. The second-order valence-electron chi connectivity index (χ2n) is 5.02. The van der Waals surface area contributed by atoms with E-state index in [0.29, 0.717) is 24.3 Å². The van der Waals surface area contributed by atoms with Crippen molar-refractivity contribution in [2.45, 2.75) is 17.9 Å². The first-order chi connectivity index (χ1) is 11.6. The predicted molar refractivity (Wildman–Crippen MR) is 91.4 cm³/mol. The highest BCUT2D eigenvalue weighted by Crippen LogP contribution is 2.18. The molecule has 0 radical (unpaired) electrons. The molecule has 2 aromatic carbocycles. The van der Waals surface area contributed by atoms with Crippen molar-refractivity contribution in [3.05, 3.63) is 65.5 Å². The van der Waals surface area contributed by atoms with Crippen LogP contribution in [0.2, 0.25) is 0 Å². The van der Waals surface area contributed by atoms with Gasteiger partial charge in [-0.25, -0.2) is 9.18 Å². The molecule has 24 heavy (non-hydrogen) atoms. The second-order valence-corrected chi connectivity index (χ2v) is 6.19. The Hall–Kier alpha value is -2.34. The SMILES string of the molecule is COC(=O)c1ccc(CNC(=O)CCSc2ccc(F)cc2)cc1. The molecule has 0 atom stereocenters. The van der Waals surface area contributed by atoms with Crippen molar-refractivity contribution in [1.29, 1.82) is 0 Å². The van der Waals surface area contributed by atoms with Crippen LogP contribution in [-0.4, -0.2) is 24.7 Å². The zero-order valence-corrected chi connectivity index (χ0v) is 14.1. The molecule has 0 spiro atoms. The van der Waals surface area contributed by atoms with Crippen LogP contribution in [0, 0.1) is 5.82 Å². The molecule has 1 N–H and O–H groups in total. The Morgan fingerprint density at radius 2 is 1.75 bits per heavy atom. The zero-order valence-electron chi connectivity index (χ0n) is 13.3. The number of halogens is 1.